The highest BCUT2D eigenvalue weighted by molar-refractivity contribution is 6.42. The van der Waals surface area contributed by atoms with Gasteiger partial charge in [0, 0.05) is 25.0 Å². The molecule has 118 valence electrons. The van der Waals surface area contributed by atoms with Crippen LogP contribution in [0.4, 0.5) is 0 Å². The molecule has 2 atom stereocenters. The molecule has 0 aliphatic heterocycles. The van der Waals surface area contributed by atoms with Crippen LogP contribution in [0.5, 0.6) is 5.75 Å². The first-order valence-corrected chi connectivity index (χ1v) is 7.71. The largest absolute Gasteiger partial charge is 0.489 e. The minimum atomic E-state index is -0.653. The van der Waals surface area contributed by atoms with Crippen LogP contribution in [0.1, 0.15) is 18.5 Å². The molecule has 0 spiro atoms. The number of benzene rings is 1. The van der Waals surface area contributed by atoms with Gasteiger partial charge in [-0.05, 0) is 36.8 Å². The number of hydrogen-bond acceptors (Lipinski definition) is 4. The van der Waals surface area contributed by atoms with Gasteiger partial charge in [-0.1, -0.05) is 29.3 Å². The first-order chi connectivity index (χ1) is 10.6. The van der Waals surface area contributed by atoms with Gasteiger partial charge in [0.15, 0.2) is 0 Å². The van der Waals surface area contributed by atoms with E-state index in [1.807, 2.05) is 19.1 Å². The second-order valence-electron chi connectivity index (χ2n) is 4.93. The average Bonchev–Trinajstić information content (AvgIpc) is 2.54. The van der Waals surface area contributed by atoms with Crippen LogP contribution in [0.15, 0.2) is 42.7 Å². The molecule has 2 unspecified atom stereocenters. The second kappa shape index (κ2) is 8.34. The van der Waals surface area contributed by atoms with Gasteiger partial charge in [0.05, 0.1) is 5.02 Å². The first-order valence-electron chi connectivity index (χ1n) is 6.96. The molecule has 0 amide bonds. The molecule has 0 aliphatic carbocycles. The van der Waals surface area contributed by atoms with Crippen LogP contribution in [0.25, 0.3) is 0 Å². The molecule has 1 heterocycles. The van der Waals surface area contributed by atoms with Gasteiger partial charge in [0.2, 0.25) is 0 Å². The zero-order chi connectivity index (χ0) is 15.9. The van der Waals surface area contributed by atoms with Crippen LogP contribution in [-0.4, -0.2) is 29.3 Å². The zero-order valence-electron chi connectivity index (χ0n) is 12.2. The van der Waals surface area contributed by atoms with Crippen LogP contribution in [-0.2, 0) is 0 Å². The third-order valence-corrected chi connectivity index (χ3v) is 4.01. The highest BCUT2D eigenvalue weighted by Crippen LogP contribution is 2.31. The maximum atomic E-state index is 9.99. The standard InChI is InChI=1S/C16H18Cl2N2O2/c1-11(12-5-7-19-8-6-12)20-9-13(21)10-22-15-4-2-3-14(17)16(15)18/h2-8,11,13,20-21H,9-10H2,1H3. The molecular formula is C16H18Cl2N2O2. The number of halogens is 2. The molecular weight excluding hydrogens is 323 g/mol. The van der Waals surface area contributed by atoms with E-state index in [9.17, 15) is 5.11 Å². The van der Waals surface area contributed by atoms with Crippen molar-refractivity contribution in [3.8, 4) is 5.75 Å². The van der Waals surface area contributed by atoms with E-state index < -0.39 is 6.10 Å². The van der Waals surface area contributed by atoms with Gasteiger partial charge in [-0.2, -0.15) is 0 Å². The van der Waals surface area contributed by atoms with Crippen molar-refractivity contribution in [2.24, 2.45) is 0 Å². The predicted octanol–water partition coefficient (Wildman–Crippen LogP) is 3.48. The summed E-state index contributed by atoms with van der Waals surface area (Å²) in [6, 6.07) is 9.14. The Morgan fingerprint density at radius 1 is 1.23 bits per heavy atom. The number of nitrogens with one attached hydrogen (secondary N) is 1. The second-order valence-corrected chi connectivity index (χ2v) is 5.71. The molecule has 2 rings (SSSR count). The van der Waals surface area contributed by atoms with Crippen LogP contribution >= 0.6 is 23.2 Å². The quantitative estimate of drug-likeness (QED) is 0.810. The maximum Gasteiger partial charge on any atom is 0.139 e. The van der Waals surface area contributed by atoms with Gasteiger partial charge in [-0.25, -0.2) is 0 Å². The van der Waals surface area contributed by atoms with Crippen LogP contribution in [0.3, 0.4) is 0 Å². The monoisotopic (exact) mass is 340 g/mol. The minimum Gasteiger partial charge on any atom is -0.489 e. The van der Waals surface area contributed by atoms with Crippen molar-refractivity contribution in [2.45, 2.75) is 19.1 Å². The van der Waals surface area contributed by atoms with E-state index in [1.165, 1.54) is 0 Å². The molecule has 22 heavy (non-hydrogen) atoms. The predicted molar refractivity (Wildman–Crippen MR) is 88.6 cm³/mol. The van der Waals surface area contributed by atoms with E-state index >= 15 is 0 Å². The molecule has 0 saturated carbocycles. The minimum absolute atomic E-state index is 0.118. The molecule has 0 aliphatic rings. The van der Waals surface area contributed by atoms with Gasteiger partial charge in [0.1, 0.15) is 23.5 Å². The van der Waals surface area contributed by atoms with Gasteiger partial charge < -0.3 is 15.2 Å². The van der Waals surface area contributed by atoms with Crippen molar-refractivity contribution in [1.29, 1.82) is 0 Å². The molecule has 1 aromatic carbocycles. The van der Waals surface area contributed by atoms with E-state index in [0.717, 1.165) is 5.56 Å². The SMILES string of the molecule is CC(NCC(O)COc1cccc(Cl)c1Cl)c1ccncc1. The lowest BCUT2D eigenvalue weighted by atomic mass is 10.1. The number of aliphatic hydroxyl groups is 1. The highest BCUT2D eigenvalue weighted by Gasteiger charge is 2.11. The number of ether oxygens (including phenoxy) is 1. The summed E-state index contributed by atoms with van der Waals surface area (Å²) in [6.45, 7) is 2.56. The lowest BCUT2D eigenvalue weighted by Crippen LogP contribution is -2.33. The molecule has 0 bridgehead atoms. The summed E-state index contributed by atoms with van der Waals surface area (Å²) in [4.78, 5) is 3.98. The Bertz CT molecular complexity index is 596. The van der Waals surface area contributed by atoms with E-state index in [0.29, 0.717) is 22.3 Å². The Hall–Kier alpha value is -1.33. The molecule has 2 N–H and O–H groups in total. The Balaban J connectivity index is 1.78. The fourth-order valence-corrected chi connectivity index (χ4v) is 2.27. The number of hydrogen-bond donors (Lipinski definition) is 2. The van der Waals surface area contributed by atoms with Gasteiger partial charge >= 0.3 is 0 Å². The van der Waals surface area contributed by atoms with Crippen LogP contribution in [0.2, 0.25) is 10.0 Å². The molecule has 0 radical (unpaired) electrons. The number of rotatable bonds is 7. The number of nitrogens with zero attached hydrogens (tertiary/aromatic N) is 1. The number of aromatic nitrogens is 1. The fourth-order valence-electron chi connectivity index (χ4n) is 1.92. The summed E-state index contributed by atoms with van der Waals surface area (Å²) >= 11 is 11.9. The third kappa shape index (κ3) is 4.85. The Labute approximate surface area is 140 Å². The molecule has 6 heteroatoms. The summed E-state index contributed by atoms with van der Waals surface area (Å²) in [5.74, 6) is 0.468. The van der Waals surface area contributed by atoms with Crippen molar-refractivity contribution in [3.63, 3.8) is 0 Å². The van der Waals surface area contributed by atoms with Gasteiger partial charge in [0.25, 0.3) is 0 Å². The van der Waals surface area contributed by atoms with E-state index in [2.05, 4.69) is 10.3 Å². The maximum absolute atomic E-state index is 9.99. The summed E-state index contributed by atoms with van der Waals surface area (Å²) in [5, 5.41) is 14.0. The average molecular weight is 341 g/mol. The van der Waals surface area contributed by atoms with Crippen molar-refractivity contribution >= 4 is 23.2 Å². The summed E-state index contributed by atoms with van der Waals surface area (Å²) < 4.78 is 5.50. The van der Waals surface area contributed by atoms with Gasteiger partial charge in [-0.3, -0.25) is 4.98 Å². The molecule has 2 aromatic rings. The molecule has 0 saturated heterocycles. The van der Waals surface area contributed by atoms with Crippen molar-refractivity contribution in [2.75, 3.05) is 13.2 Å². The zero-order valence-corrected chi connectivity index (χ0v) is 13.7. The van der Waals surface area contributed by atoms with E-state index in [1.54, 1.807) is 30.6 Å². The van der Waals surface area contributed by atoms with Crippen LogP contribution < -0.4 is 10.1 Å². The van der Waals surface area contributed by atoms with Gasteiger partial charge in [-0.15, -0.1) is 0 Å². The van der Waals surface area contributed by atoms with Crippen LogP contribution in [0, 0.1) is 0 Å². The molecule has 4 nitrogen and oxygen atoms in total. The third-order valence-electron chi connectivity index (χ3n) is 3.21. The lowest BCUT2D eigenvalue weighted by molar-refractivity contribution is 0.104. The topological polar surface area (TPSA) is 54.4 Å². The summed E-state index contributed by atoms with van der Waals surface area (Å²) in [6.07, 6.45) is 2.84. The highest BCUT2D eigenvalue weighted by atomic mass is 35.5. The smallest absolute Gasteiger partial charge is 0.139 e. The lowest BCUT2D eigenvalue weighted by Gasteiger charge is -2.18. The number of pyridine rings is 1. The summed E-state index contributed by atoms with van der Waals surface area (Å²) in [5.41, 5.74) is 1.11. The van der Waals surface area contributed by atoms with E-state index in [4.69, 9.17) is 27.9 Å². The Morgan fingerprint density at radius 3 is 2.68 bits per heavy atom. The normalized spacial score (nSPS) is 13.6. The van der Waals surface area contributed by atoms with Crippen molar-refractivity contribution < 1.29 is 9.84 Å². The molecule has 0 fully saturated rings. The Morgan fingerprint density at radius 2 is 1.95 bits per heavy atom. The number of aliphatic hydroxyl groups excluding tert-OH is 1. The Kier molecular flexibility index (Phi) is 6.46. The van der Waals surface area contributed by atoms with E-state index in [-0.39, 0.29) is 12.6 Å². The fraction of sp³-hybridized carbons (Fsp3) is 0.312. The van der Waals surface area contributed by atoms with Crippen molar-refractivity contribution in [1.82, 2.24) is 10.3 Å². The summed E-state index contributed by atoms with van der Waals surface area (Å²) in [7, 11) is 0. The van der Waals surface area contributed by atoms with Crippen molar-refractivity contribution in [3.05, 3.63) is 58.3 Å². The first kappa shape index (κ1) is 17.0. The molecule has 1 aromatic heterocycles.